The molecule has 0 aliphatic heterocycles. The smallest absolute Gasteiger partial charge is 0.296 e. The number of aromatic nitrogens is 1. The summed E-state index contributed by atoms with van der Waals surface area (Å²) in [6, 6.07) is 13.0. The maximum atomic E-state index is 12.3. The zero-order chi connectivity index (χ0) is 20.3. The first-order valence-corrected chi connectivity index (χ1v) is 9.04. The normalized spacial score (nSPS) is 11.8. The Morgan fingerprint density at radius 3 is 2.79 bits per heavy atom. The van der Waals surface area contributed by atoms with Crippen LogP contribution in [0.5, 0.6) is 11.5 Å². The van der Waals surface area contributed by atoms with Gasteiger partial charge in [0, 0.05) is 19.0 Å². The standard InChI is InChI=1S/C20H22ClN5O2/c1-23-20(22)25-19(27)16-10-14-15(21)7-8-17(18(14)24-16)28-13-6-4-5-12(9-13)11-26(2)3/h4-10,24H,11H2,1-3H3,(H3,22,23,25,27). The minimum Gasteiger partial charge on any atom is -0.455 e. The Bertz CT molecular complexity index is 1040. The van der Waals surface area contributed by atoms with E-state index in [9.17, 15) is 4.79 Å². The number of nitrogens with zero attached hydrogens (tertiary/aromatic N) is 2. The number of amides is 1. The van der Waals surface area contributed by atoms with Gasteiger partial charge in [-0.15, -0.1) is 0 Å². The molecule has 2 aromatic carbocycles. The van der Waals surface area contributed by atoms with Gasteiger partial charge in [-0.3, -0.25) is 4.79 Å². The van der Waals surface area contributed by atoms with Crippen LogP contribution in [0.4, 0.5) is 0 Å². The number of guanidine groups is 1. The molecule has 0 radical (unpaired) electrons. The minimum atomic E-state index is -0.502. The summed E-state index contributed by atoms with van der Waals surface area (Å²) in [5.74, 6) is 0.788. The molecule has 1 aromatic heterocycles. The van der Waals surface area contributed by atoms with E-state index >= 15 is 0 Å². The van der Waals surface area contributed by atoms with E-state index in [0.29, 0.717) is 27.4 Å². The second-order valence-electron chi connectivity index (χ2n) is 6.56. The van der Waals surface area contributed by atoms with Crippen LogP contribution >= 0.6 is 11.6 Å². The first-order chi connectivity index (χ1) is 13.4. The number of nitrogens with one attached hydrogen (secondary N) is 2. The number of ether oxygens (including phenoxy) is 1. The van der Waals surface area contributed by atoms with E-state index in [1.807, 2.05) is 38.4 Å². The number of aliphatic imine (C=N–C) groups is 1. The first kappa shape index (κ1) is 19.7. The lowest BCUT2D eigenvalue weighted by atomic mass is 10.2. The van der Waals surface area contributed by atoms with Gasteiger partial charge >= 0.3 is 0 Å². The highest BCUT2D eigenvalue weighted by atomic mass is 35.5. The van der Waals surface area contributed by atoms with Crippen molar-refractivity contribution in [3.8, 4) is 11.5 Å². The Morgan fingerprint density at radius 1 is 1.29 bits per heavy atom. The Balaban J connectivity index is 1.96. The fraction of sp³-hybridized carbons (Fsp3) is 0.200. The summed E-state index contributed by atoms with van der Waals surface area (Å²) in [7, 11) is 5.61. The average molecular weight is 400 g/mol. The monoisotopic (exact) mass is 399 g/mol. The quantitative estimate of drug-likeness (QED) is 0.451. The summed E-state index contributed by atoms with van der Waals surface area (Å²) >= 11 is 6.30. The van der Waals surface area contributed by atoms with Gasteiger partial charge < -0.3 is 25.7 Å². The number of carbonyl (C=O) groups is 1. The van der Waals surface area contributed by atoms with Crippen LogP contribution in [0.1, 0.15) is 16.1 Å². The number of hydrogen-bond donors (Lipinski definition) is 3. The number of hydrogen-bond acceptors (Lipinski definition) is 3. The summed E-state index contributed by atoms with van der Waals surface area (Å²) < 4.78 is 6.07. The van der Waals surface area contributed by atoms with Crippen LogP contribution in [0.3, 0.4) is 0 Å². The van der Waals surface area contributed by atoms with Gasteiger partial charge in [0.1, 0.15) is 11.4 Å². The molecule has 0 unspecified atom stereocenters. The molecule has 0 fully saturated rings. The Kier molecular flexibility index (Phi) is 5.87. The second kappa shape index (κ2) is 8.33. The largest absolute Gasteiger partial charge is 0.455 e. The zero-order valence-corrected chi connectivity index (χ0v) is 16.7. The average Bonchev–Trinajstić information content (AvgIpc) is 3.10. The molecule has 3 aromatic rings. The maximum Gasteiger partial charge on any atom is 0.296 e. The highest BCUT2D eigenvalue weighted by molar-refractivity contribution is 6.35. The lowest BCUT2D eigenvalue weighted by Gasteiger charge is -2.12. The van der Waals surface area contributed by atoms with Crippen LogP contribution in [0.15, 0.2) is 47.5 Å². The number of carbonyl (C=O) groups excluding carboxylic acids is 1. The number of halogens is 1. The predicted octanol–water partition coefficient (Wildman–Crippen LogP) is 3.35. The molecule has 4 N–H and O–H groups in total. The van der Waals surface area contributed by atoms with Crippen LogP contribution < -0.4 is 15.8 Å². The highest BCUT2D eigenvalue weighted by Gasteiger charge is 2.15. The van der Waals surface area contributed by atoms with Crippen molar-refractivity contribution < 1.29 is 9.53 Å². The molecular weight excluding hydrogens is 378 g/mol. The van der Waals surface area contributed by atoms with E-state index in [1.54, 1.807) is 25.2 Å². The Labute approximate surface area is 168 Å². The second-order valence-corrected chi connectivity index (χ2v) is 6.96. The van der Waals surface area contributed by atoms with Gasteiger partial charge in [-0.2, -0.15) is 4.99 Å². The van der Waals surface area contributed by atoms with Gasteiger partial charge in [-0.1, -0.05) is 23.7 Å². The molecule has 0 saturated heterocycles. The number of nitrogens with two attached hydrogens (primary N) is 1. The van der Waals surface area contributed by atoms with Crippen molar-refractivity contribution in [1.29, 1.82) is 0 Å². The molecule has 146 valence electrons. The van der Waals surface area contributed by atoms with Crippen LogP contribution in [0.2, 0.25) is 5.02 Å². The third kappa shape index (κ3) is 4.44. The molecule has 0 saturated carbocycles. The van der Waals surface area contributed by atoms with E-state index in [-0.39, 0.29) is 11.7 Å². The number of benzene rings is 2. The van der Waals surface area contributed by atoms with E-state index in [1.165, 1.54) is 0 Å². The molecule has 3 rings (SSSR count). The van der Waals surface area contributed by atoms with Crippen molar-refractivity contribution >= 4 is 34.4 Å². The van der Waals surface area contributed by atoms with Crippen molar-refractivity contribution in [3.63, 3.8) is 0 Å². The minimum absolute atomic E-state index is 0.0314. The fourth-order valence-corrected chi connectivity index (χ4v) is 3.00. The molecule has 7 nitrogen and oxygen atoms in total. The molecule has 8 heteroatoms. The van der Waals surface area contributed by atoms with Crippen molar-refractivity contribution in [2.45, 2.75) is 6.54 Å². The molecule has 1 amide bonds. The lowest BCUT2D eigenvalue weighted by Crippen LogP contribution is -2.28. The fourth-order valence-electron chi connectivity index (χ4n) is 2.78. The van der Waals surface area contributed by atoms with Gasteiger partial charge in [0.05, 0.1) is 10.5 Å². The third-order valence-electron chi connectivity index (χ3n) is 4.04. The summed E-state index contributed by atoms with van der Waals surface area (Å²) in [6.45, 7) is 0.805. The van der Waals surface area contributed by atoms with Gasteiger partial charge in [-0.05, 0) is 50.0 Å². The lowest BCUT2D eigenvalue weighted by molar-refractivity contribution is 0.0998. The molecule has 0 atom stereocenters. The molecule has 0 aliphatic rings. The van der Waals surface area contributed by atoms with Crippen LogP contribution in [-0.4, -0.2) is 42.9 Å². The van der Waals surface area contributed by atoms with E-state index in [2.05, 4.69) is 20.2 Å². The molecule has 0 aliphatic carbocycles. The summed E-state index contributed by atoms with van der Waals surface area (Å²) in [6.07, 6.45) is 0. The Morgan fingerprint density at radius 2 is 2.07 bits per heavy atom. The molecule has 0 bridgehead atoms. The summed E-state index contributed by atoms with van der Waals surface area (Å²) in [5, 5.41) is 3.79. The van der Waals surface area contributed by atoms with Crippen LogP contribution in [0.25, 0.3) is 10.9 Å². The van der Waals surface area contributed by atoms with Gasteiger partial charge in [-0.25, -0.2) is 0 Å². The van der Waals surface area contributed by atoms with Crippen molar-refractivity contribution in [2.75, 3.05) is 21.1 Å². The first-order valence-electron chi connectivity index (χ1n) is 8.66. The summed E-state index contributed by atoms with van der Waals surface area (Å²) in [5.41, 5.74) is 7.59. The van der Waals surface area contributed by atoms with Crippen LogP contribution in [-0.2, 0) is 6.54 Å². The third-order valence-corrected chi connectivity index (χ3v) is 4.37. The van der Waals surface area contributed by atoms with Crippen molar-refractivity contribution in [3.05, 3.63) is 58.7 Å². The molecule has 28 heavy (non-hydrogen) atoms. The summed E-state index contributed by atoms with van der Waals surface area (Å²) in [4.78, 5) is 21.2. The number of rotatable bonds is 5. The Hall–Kier alpha value is -3.03. The molecule has 0 spiro atoms. The topological polar surface area (TPSA) is 95.7 Å². The molecule has 1 heterocycles. The number of aromatic amines is 1. The van der Waals surface area contributed by atoms with Gasteiger partial charge in [0.25, 0.3) is 5.91 Å². The van der Waals surface area contributed by atoms with Gasteiger partial charge in [0.15, 0.2) is 11.7 Å². The van der Waals surface area contributed by atoms with E-state index < -0.39 is 5.91 Å². The van der Waals surface area contributed by atoms with E-state index in [4.69, 9.17) is 22.1 Å². The SMILES string of the molecule is CNC(N)=NC(=O)c1cc2c(Cl)ccc(Oc3cccc(CN(C)C)c3)c2[nH]1. The predicted molar refractivity (Wildman–Crippen MR) is 112 cm³/mol. The highest BCUT2D eigenvalue weighted by Crippen LogP contribution is 2.34. The van der Waals surface area contributed by atoms with Crippen molar-refractivity contribution in [2.24, 2.45) is 10.7 Å². The zero-order valence-electron chi connectivity index (χ0n) is 15.9. The number of H-pyrrole nitrogens is 1. The molecular formula is C20H22ClN5O2. The maximum absolute atomic E-state index is 12.3. The van der Waals surface area contributed by atoms with E-state index in [0.717, 1.165) is 12.1 Å². The van der Waals surface area contributed by atoms with Crippen molar-refractivity contribution in [1.82, 2.24) is 15.2 Å². The van der Waals surface area contributed by atoms with Gasteiger partial charge in [0.2, 0.25) is 0 Å². The van der Waals surface area contributed by atoms with Crippen LogP contribution in [0, 0.1) is 0 Å². The number of fused-ring (bicyclic) bond motifs is 1.